The minimum Gasteiger partial charge on any atom is -0.548 e. The largest absolute Gasteiger partial charge is 1.00 e. The summed E-state index contributed by atoms with van der Waals surface area (Å²) in [6, 6.07) is 14.7. The number of carboxylic acids is 1. The number of carbonyl (C=O) groups excluding carboxylic acids is 1. The molecule has 3 rings (SSSR count). The van der Waals surface area contributed by atoms with Gasteiger partial charge < -0.3 is 24.9 Å². The molecule has 130 valence electrons. The molecule has 0 amide bonds. The van der Waals surface area contributed by atoms with E-state index in [2.05, 4.69) is 10.3 Å². The van der Waals surface area contributed by atoms with Gasteiger partial charge in [0.05, 0.1) is 18.6 Å². The Bertz CT molecular complexity index is 863. The number of ether oxygens (including phenoxy) is 1. The van der Waals surface area contributed by atoms with Crippen LogP contribution in [0.1, 0.15) is 18.1 Å². The number of para-hydroxylation sites is 1. The predicted molar refractivity (Wildman–Crippen MR) is 95.2 cm³/mol. The number of carbonyl (C=O) groups is 1. The summed E-state index contributed by atoms with van der Waals surface area (Å²) in [7, 11) is 0. The van der Waals surface area contributed by atoms with Crippen LogP contribution in [0.3, 0.4) is 0 Å². The number of aromatic amines is 1. The maximum atomic E-state index is 11.5. The fourth-order valence-corrected chi connectivity index (χ4v) is 2.91. The van der Waals surface area contributed by atoms with Crippen LogP contribution in [0.15, 0.2) is 54.7 Å². The van der Waals surface area contributed by atoms with Gasteiger partial charge in [0.2, 0.25) is 0 Å². The van der Waals surface area contributed by atoms with Gasteiger partial charge in [0, 0.05) is 23.6 Å². The molecule has 0 fully saturated rings. The predicted octanol–water partition coefficient (Wildman–Crippen LogP) is -0.979. The minimum atomic E-state index is -1.11. The number of benzene rings is 2. The molecular weight excluding hydrogens is 339 g/mol. The van der Waals surface area contributed by atoms with Gasteiger partial charge in [-0.05, 0) is 42.7 Å². The molecule has 1 heterocycles. The molecule has 2 N–H and O–H groups in total. The van der Waals surface area contributed by atoms with E-state index in [9.17, 15) is 9.90 Å². The van der Waals surface area contributed by atoms with Gasteiger partial charge in [0.1, 0.15) is 5.75 Å². The van der Waals surface area contributed by atoms with Gasteiger partial charge in [-0.15, -0.1) is 0 Å². The summed E-state index contributed by atoms with van der Waals surface area (Å²) in [5.74, 6) is -0.324. The summed E-state index contributed by atoms with van der Waals surface area (Å²) >= 11 is 0. The van der Waals surface area contributed by atoms with E-state index >= 15 is 0 Å². The molecule has 1 aromatic heterocycles. The third kappa shape index (κ3) is 5.11. The Morgan fingerprint density at radius 1 is 1.23 bits per heavy atom. The fraction of sp³-hybridized carbons (Fsp3) is 0.250. The molecule has 0 spiro atoms. The molecule has 0 aliphatic carbocycles. The molecule has 0 aliphatic rings. The Morgan fingerprint density at radius 3 is 2.81 bits per heavy atom. The van der Waals surface area contributed by atoms with Crippen molar-refractivity contribution >= 4 is 16.9 Å². The third-order valence-corrected chi connectivity index (χ3v) is 4.15. The van der Waals surface area contributed by atoms with Crippen LogP contribution in [-0.2, 0) is 17.8 Å². The SMILES string of the molecule is CCOc1cccc(CN[C@@H](Cc2c[nH]c3ccccc23)C(=O)[O-])c1.[Na+]. The second-order valence-electron chi connectivity index (χ2n) is 5.90. The van der Waals surface area contributed by atoms with Crippen LogP contribution in [0.25, 0.3) is 10.9 Å². The average molecular weight is 360 g/mol. The number of nitrogens with one attached hydrogen (secondary N) is 2. The molecule has 3 aromatic rings. The molecule has 6 heteroatoms. The zero-order valence-electron chi connectivity index (χ0n) is 15.1. The van der Waals surface area contributed by atoms with E-state index in [-0.39, 0.29) is 29.6 Å². The molecule has 5 nitrogen and oxygen atoms in total. The summed E-state index contributed by atoms with van der Waals surface area (Å²) in [6.45, 7) is 2.96. The Balaban J connectivity index is 0.00000243. The van der Waals surface area contributed by atoms with Crippen molar-refractivity contribution in [3.8, 4) is 5.75 Å². The van der Waals surface area contributed by atoms with Crippen molar-refractivity contribution in [1.82, 2.24) is 10.3 Å². The van der Waals surface area contributed by atoms with Crippen molar-refractivity contribution in [1.29, 1.82) is 0 Å². The van der Waals surface area contributed by atoms with Crippen LogP contribution in [0.2, 0.25) is 0 Å². The second kappa shape index (κ2) is 9.78. The number of H-pyrrole nitrogens is 1. The Hall–Kier alpha value is -1.79. The van der Waals surface area contributed by atoms with E-state index in [0.29, 0.717) is 19.6 Å². The summed E-state index contributed by atoms with van der Waals surface area (Å²) in [5.41, 5.74) is 2.93. The second-order valence-corrected chi connectivity index (χ2v) is 5.90. The number of aromatic nitrogens is 1. The maximum absolute atomic E-state index is 11.5. The van der Waals surface area contributed by atoms with Crippen molar-refractivity contribution in [2.24, 2.45) is 0 Å². The normalized spacial score (nSPS) is 11.7. The third-order valence-electron chi connectivity index (χ3n) is 4.15. The van der Waals surface area contributed by atoms with Crippen molar-refractivity contribution in [3.05, 3.63) is 65.9 Å². The first-order valence-electron chi connectivity index (χ1n) is 8.38. The van der Waals surface area contributed by atoms with Crippen molar-refractivity contribution in [2.45, 2.75) is 25.9 Å². The van der Waals surface area contributed by atoms with Crippen LogP contribution < -0.4 is 44.7 Å². The number of hydrogen-bond acceptors (Lipinski definition) is 4. The van der Waals surface area contributed by atoms with E-state index in [1.807, 2.05) is 61.7 Å². The molecule has 0 saturated carbocycles. The van der Waals surface area contributed by atoms with Gasteiger partial charge in [0.15, 0.2) is 0 Å². The first-order valence-corrected chi connectivity index (χ1v) is 8.38. The molecular formula is C20H21N2NaO3. The van der Waals surface area contributed by atoms with E-state index in [0.717, 1.165) is 27.8 Å². The number of aliphatic carboxylic acids is 1. The molecule has 0 bridgehead atoms. The van der Waals surface area contributed by atoms with Crippen LogP contribution >= 0.6 is 0 Å². The molecule has 0 saturated heterocycles. The number of hydrogen-bond donors (Lipinski definition) is 2. The molecule has 2 aromatic carbocycles. The topological polar surface area (TPSA) is 77.2 Å². The van der Waals surface area contributed by atoms with Crippen molar-refractivity contribution in [3.63, 3.8) is 0 Å². The van der Waals surface area contributed by atoms with Gasteiger partial charge >= 0.3 is 29.6 Å². The minimum absolute atomic E-state index is 0. The quantitative estimate of drug-likeness (QED) is 0.507. The monoisotopic (exact) mass is 360 g/mol. The molecule has 1 atom stereocenters. The van der Waals surface area contributed by atoms with Crippen LogP contribution in [0, 0.1) is 0 Å². The number of carboxylic acid groups (broad SMARTS) is 1. The fourth-order valence-electron chi connectivity index (χ4n) is 2.91. The Kier molecular flexibility index (Phi) is 7.72. The maximum Gasteiger partial charge on any atom is 1.00 e. The Labute approximate surface area is 175 Å². The van der Waals surface area contributed by atoms with E-state index in [1.165, 1.54) is 0 Å². The van der Waals surface area contributed by atoms with Gasteiger partial charge in [-0.25, -0.2) is 0 Å². The van der Waals surface area contributed by atoms with Crippen molar-refractivity contribution in [2.75, 3.05) is 6.61 Å². The summed E-state index contributed by atoms with van der Waals surface area (Å²) in [4.78, 5) is 14.7. The average Bonchev–Trinajstić information content (AvgIpc) is 3.02. The van der Waals surface area contributed by atoms with Gasteiger partial charge in [-0.2, -0.15) is 0 Å². The first kappa shape index (κ1) is 20.5. The van der Waals surface area contributed by atoms with Gasteiger partial charge in [-0.1, -0.05) is 30.3 Å². The molecule has 0 aliphatic heterocycles. The summed E-state index contributed by atoms with van der Waals surface area (Å²) in [6.07, 6.45) is 2.22. The van der Waals surface area contributed by atoms with Crippen LogP contribution in [0.4, 0.5) is 0 Å². The zero-order valence-corrected chi connectivity index (χ0v) is 17.1. The van der Waals surface area contributed by atoms with Gasteiger partial charge in [-0.3, -0.25) is 0 Å². The summed E-state index contributed by atoms with van der Waals surface area (Å²) in [5, 5.41) is 15.7. The van der Waals surface area contributed by atoms with E-state index in [1.54, 1.807) is 0 Å². The van der Waals surface area contributed by atoms with Crippen LogP contribution in [0.5, 0.6) is 5.75 Å². The first-order chi connectivity index (χ1) is 12.2. The summed E-state index contributed by atoms with van der Waals surface area (Å²) < 4.78 is 5.47. The molecule has 0 radical (unpaired) electrons. The van der Waals surface area contributed by atoms with E-state index < -0.39 is 12.0 Å². The van der Waals surface area contributed by atoms with Crippen LogP contribution in [-0.4, -0.2) is 23.6 Å². The zero-order chi connectivity index (χ0) is 17.6. The molecule has 26 heavy (non-hydrogen) atoms. The Morgan fingerprint density at radius 2 is 2.04 bits per heavy atom. The number of fused-ring (bicyclic) bond motifs is 1. The van der Waals surface area contributed by atoms with E-state index in [4.69, 9.17) is 4.74 Å². The number of rotatable bonds is 8. The molecule has 0 unspecified atom stereocenters. The van der Waals surface area contributed by atoms with Gasteiger partial charge in [0.25, 0.3) is 0 Å². The standard InChI is InChI=1S/C20H22N2O3.Na/c1-2-25-16-7-5-6-14(10-16)12-21-19(20(23)24)11-15-13-22-18-9-4-3-8-17(15)18;/h3-10,13,19,21-22H,2,11-12H2,1H3,(H,23,24);/q;+1/p-1/t19-;/m0./s1. The van der Waals surface area contributed by atoms with Crippen molar-refractivity contribution < 1.29 is 44.2 Å². The smallest absolute Gasteiger partial charge is 0.548 e.